The molecule has 0 saturated heterocycles. The molecule has 7 heteroatoms. The van der Waals surface area contributed by atoms with Gasteiger partial charge in [-0.1, -0.05) is 6.07 Å². The summed E-state index contributed by atoms with van der Waals surface area (Å²) in [5, 5.41) is 0. The average Bonchev–Trinajstić information content (AvgIpc) is 3.10. The number of amides is 1. The quantitative estimate of drug-likeness (QED) is 0.548. The summed E-state index contributed by atoms with van der Waals surface area (Å²) >= 11 is 0. The minimum absolute atomic E-state index is 0.0592. The normalized spacial score (nSPS) is 12.8. The monoisotopic (exact) mass is 428 g/mol. The van der Waals surface area contributed by atoms with Crippen LogP contribution in [0.15, 0.2) is 30.3 Å². The smallest absolute Gasteiger partial charge is 0.254 e. The summed E-state index contributed by atoms with van der Waals surface area (Å²) in [5.74, 6) is 2.80. The number of carbonyl (C=O) groups excluding carboxylic acids is 1. The van der Waals surface area contributed by atoms with E-state index in [-0.39, 0.29) is 5.91 Å². The van der Waals surface area contributed by atoms with Gasteiger partial charge in [0.2, 0.25) is 0 Å². The van der Waals surface area contributed by atoms with Gasteiger partial charge in [0.15, 0.2) is 23.0 Å². The number of likely N-dealkylation sites (N-methyl/N-ethyl adjacent to an activating group) is 1. The molecular formula is C24H32N2O5. The number of benzene rings is 2. The molecule has 31 heavy (non-hydrogen) atoms. The first-order valence-corrected chi connectivity index (χ1v) is 10.4. The summed E-state index contributed by atoms with van der Waals surface area (Å²) in [6.07, 6.45) is 1.83. The Bertz CT molecular complexity index is 915. The number of ether oxygens (including phenoxy) is 4. The van der Waals surface area contributed by atoms with E-state index in [1.165, 1.54) is 5.56 Å². The van der Waals surface area contributed by atoms with Crippen molar-refractivity contribution in [2.45, 2.75) is 19.4 Å². The van der Waals surface area contributed by atoms with Gasteiger partial charge in [-0.2, -0.15) is 0 Å². The van der Waals surface area contributed by atoms with Crippen LogP contribution in [0.25, 0.3) is 0 Å². The van der Waals surface area contributed by atoms with Gasteiger partial charge in [-0.3, -0.25) is 4.79 Å². The molecule has 0 N–H and O–H groups in total. The molecule has 2 aromatic carbocycles. The maximum absolute atomic E-state index is 12.8. The fourth-order valence-electron chi connectivity index (χ4n) is 3.88. The van der Waals surface area contributed by atoms with Crippen molar-refractivity contribution < 1.29 is 23.7 Å². The zero-order valence-electron chi connectivity index (χ0n) is 19.1. The molecule has 0 bridgehead atoms. The molecule has 0 fully saturated rings. The highest BCUT2D eigenvalue weighted by Gasteiger charge is 2.29. The summed E-state index contributed by atoms with van der Waals surface area (Å²) < 4.78 is 21.4. The van der Waals surface area contributed by atoms with Gasteiger partial charge in [-0.05, 0) is 61.8 Å². The van der Waals surface area contributed by atoms with Crippen molar-refractivity contribution in [1.29, 1.82) is 0 Å². The predicted molar refractivity (Wildman–Crippen MR) is 120 cm³/mol. The summed E-state index contributed by atoms with van der Waals surface area (Å²) in [7, 11) is 8.59. The highest BCUT2D eigenvalue weighted by Crippen LogP contribution is 2.35. The van der Waals surface area contributed by atoms with Gasteiger partial charge in [0.1, 0.15) is 0 Å². The van der Waals surface area contributed by atoms with E-state index < -0.39 is 0 Å². The second kappa shape index (κ2) is 10.4. The molecular weight excluding hydrogens is 396 g/mol. The van der Waals surface area contributed by atoms with Crippen molar-refractivity contribution in [1.82, 2.24) is 9.80 Å². The molecule has 0 saturated carbocycles. The van der Waals surface area contributed by atoms with E-state index in [2.05, 4.69) is 18.0 Å². The summed E-state index contributed by atoms with van der Waals surface area (Å²) in [6.45, 7) is 3.18. The van der Waals surface area contributed by atoms with E-state index in [0.717, 1.165) is 49.5 Å². The van der Waals surface area contributed by atoms with Gasteiger partial charge in [0.05, 0.1) is 28.4 Å². The fourth-order valence-corrected chi connectivity index (χ4v) is 3.88. The molecule has 0 atom stereocenters. The van der Waals surface area contributed by atoms with Crippen LogP contribution in [0.4, 0.5) is 0 Å². The Morgan fingerprint density at radius 1 is 0.871 bits per heavy atom. The summed E-state index contributed by atoms with van der Waals surface area (Å²) in [5.41, 5.74) is 2.90. The number of nitrogens with zero attached hydrogens (tertiary/aromatic N) is 2. The van der Waals surface area contributed by atoms with Crippen LogP contribution in [0.1, 0.15) is 27.9 Å². The first-order chi connectivity index (χ1) is 15.0. The maximum atomic E-state index is 12.8. The molecule has 2 aromatic rings. The van der Waals surface area contributed by atoms with E-state index in [0.29, 0.717) is 23.6 Å². The predicted octanol–water partition coefficient (Wildman–Crippen LogP) is 3.24. The second-order valence-corrected chi connectivity index (χ2v) is 7.69. The fraction of sp³-hybridized carbons (Fsp3) is 0.458. The van der Waals surface area contributed by atoms with Gasteiger partial charge in [-0.25, -0.2) is 0 Å². The van der Waals surface area contributed by atoms with Crippen LogP contribution in [-0.4, -0.2) is 70.8 Å². The summed E-state index contributed by atoms with van der Waals surface area (Å²) in [6, 6.07) is 9.72. The lowest BCUT2D eigenvalue weighted by atomic mass is 10.1. The van der Waals surface area contributed by atoms with Crippen molar-refractivity contribution in [3.63, 3.8) is 0 Å². The number of rotatable bonds is 11. The van der Waals surface area contributed by atoms with E-state index in [1.807, 2.05) is 23.1 Å². The number of hydrogen-bond donors (Lipinski definition) is 0. The Kier molecular flexibility index (Phi) is 7.63. The highest BCUT2D eigenvalue weighted by molar-refractivity contribution is 5.99. The zero-order chi connectivity index (χ0) is 22.4. The van der Waals surface area contributed by atoms with Gasteiger partial charge < -0.3 is 28.7 Å². The van der Waals surface area contributed by atoms with Gasteiger partial charge in [0.25, 0.3) is 5.91 Å². The lowest BCUT2D eigenvalue weighted by molar-refractivity contribution is 0.0772. The minimum atomic E-state index is 0.0592. The molecule has 3 rings (SSSR count). The number of methoxy groups -OCH3 is 4. The largest absolute Gasteiger partial charge is 0.493 e. The minimum Gasteiger partial charge on any atom is -0.493 e. The molecule has 0 unspecified atom stereocenters. The molecule has 168 valence electrons. The van der Waals surface area contributed by atoms with Crippen LogP contribution in [0.2, 0.25) is 0 Å². The van der Waals surface area contributed by atoms with Crippen LogP contribution >= 0.6 is 0 Å². The lowest BCUT2D eigenvalue weighted by Gasteiger charge is -2.20. The highest BCUT2D eigenvalue weighted by atomic mass is 16.5. The van der Waals surface area contributed by atoms with Crippen molar-refractivity contribution in [2.75, 3.05) is 55.1 Å². The first kappa shape index (κ1) is 22.7. The maximum Gasteiger partial charge on any atom is 0.254 e. The average molecular weight is 429 g/mol. The number of fused-ring (bicyclic) bond motifs is 1. The molecule has 0 radical (unpaired) electrons. The first-order valence-electron chi connectivity index (χ1n) is 10.4. The van der Waals surface area contributed by atoms with Crippen LogP contribution in [0.5, 0.6) is 23.0 Å². The Hall–Kier alpha value is -2.93. The molecule has 0 aliphatic carbocycles. The van der Waals surface area contributed by atoms with Crippen LogP contribution < -0.4 is 18.9 Å². The molecule has 0 aromatic heterocycles. The Balaban J connectivity index is 1.47. The van der Waals surface area contributed by atoms with Crippen LogP contribution in [0.3, 0.4) is 0 Å². The van der Waals surface area contributed by atoms with Gasteiger partial charge >= 0.3 is 0 Å². The third-order valence-electron chi connectivity index (χ3n) is 5.69. The Labute approximate surface area is 184 Å². The SMILES string of the molecule is COc1ccc(CCN(C)CCCN2Cc3cc(OC)c(OC)cc3C2=O)cc1OC. The lowest BCUT2D eigenvalue weighted by Crippen LogP contribution is -2.29. The second-order valence-electron chi connectivity index (χ2n) is 7.69. The molecule has 1 heterocycles. The Morgan fingerprint density at radius 3 is 2.19 bits per heavy atom. The van der Waals surface area contributed by atoms with E-state index in [9.17, 15) is 4.79 Å². The van der Waals surface area contributed by atoms with Crippen LogP contribution in [0, 0.1) is 0 Å². The van der Waals surface area contributed by atoms with Gasteiger partial charge in [0, 0.05) is 25.2 Å². The molecule has 1 aliphatic rings. The summed E-state index contributed by atoms with van der Waals surface area (Å²) in [4.78, 5) is 16.9. The third kappa shape index (κ3) is 5.22. The zero-order valence-corrected chi connectivity index (χ0v) is 19.1. The van der Waals surface area contributed by atoms with Crippen molar-refractivity contribution in [3.05, 3.63) is 47.0 Å². The molecule has 0 spiro atoms. The third-order valence-corrected chi connectivity index (χ3v) is 5.69. The van der Waals surface area contributed by atoms with E-state index in [1.54, 1.807) is 34.5 Å². The number of carbonyl (C=O) groups is 1. The molecule has 7 nitrogen and oxygen atoms in total. The van der Waals surface area contributed by atoms with Crippen molar-refractivity contribution in [3.8, 4) is 23.0 Å². The van der Waals surface area contributed by atoms with E-state index in [4.69, 9.17) is 18.9 Å². The van der Waals surface area contributed by atoms with E-state index >= 15 is 0 Å². The topological polar surface area (TPSA) is 60.5 Å². The van der Waals surface area contributed by atoms with Crippen molar-refractivity contribution >= 4 is 5.91 Å². The van der Waals surface area contributed by atoms with Crippen LogP contribution in [-0.2, 0) is 13.0 Å². The Morgan fingerprint density at radius 2 is 1.52 bits per heavy atom. The van der Waals surface area contributed by atoms with Gasteiger partial charge in [-0.15, -0.1) is 0 Å². The number of hydrogen-bond acceptors (Lipinski definition) is 6. The molecule has 1 amide bonds. The standard InChI is InChI=1S/C24H32N2O5/c1-25(12-9-17-7-8-20(28-2)21(13-17)29-3)10-6-11-26-16-18-14-22(30-4)23(31-5)15-19(18)24(26)27/h7-8,13-15H,6,9-12,16H2,1-5H3. The van der Waals surface area contributed by atoms with Crippen molar-refractivity contribution in [2.24, 2.45) is 0 Å². The molecule has 1 aliphatic heterocycles.